The van der Waals surface area contributed by atoms with E-state index >= 15 is 0 Å². The molecule has 31 heavy (non-hydrogen) atoms. The number of methoxy groups -OCH3 is 1. The van der Waals surface area contributed by atoms with Gasteiger partial charge in [-0.2, -0.15) is 0 Å². The Morgan fingerprint density at radius 2 is 1.90 bits per heavy atom. The SMILES string of the molecule is COc1cc(Cl)cc(C)c1Nc1nc2cccc(-c3cccc(NC(C)=O)c3)c2n1C. The molecule has 2 N–H and O–H groups in total. The van der Waals surface area contributed by atoms with Crippen molar-refractivity contribution in [2.45, 2.75) is 13.8 Å². The third-order valence-corrected chi connectivity index (χ3v) is 5.33. The number of rotatable bonds is 5. The van der Waals surface area contributed by atoms with Gasteiger partial charge in [-0.1, -0.05) is 35.9 Å². The number of nitrogens with zero attached hydrogens (tertiary/aromatic N) is 2. The van der Waals surface area contributed by atoms with E-state index in [1.807, 2.05) is 61.0 Å². The monoisotopic (exact) mass is 434 g/mol. The zero-order chi connectivity index (χ0) is 22.1. The number of aryl methyl sites for hydroxylation is 2. The van der Waals surface area contributed by atoms with Crippen LogP contribution in [0.2, 0.25) is 5.02 Å². The van der Waals surface area contributed by atoms with Crippen LogP contribution in [-0.2, 0) is 11.8 Å². The van der Waals surface area contributed by atoms with Gasteiger partial charge in [0.15, 0.2) is 0 Å². The molecule has 4 rings (SSSR count). The first-order chi connectivity index (χ1) is 14.9. The number of ether oxygens (including phenoxy) is 1. The topological polar surface area (TPSA) is 68.2 Å². The van der Waals surface area contributed by atoms with Crippen LogP contribution in [0.3, 0.4) is 0 Å². The second-order valence-corrected chi connectivity index (χ2v) is 7.79. The van der Waals surface area contributed by atoms with Crippen LogP contribution in [0.4, 0.5) is 17.3 Å². The fourth-order valence-electron chi connectivity index (χ4n) is 3.73. The summed E-state index contributed by atoms with van der Waals surface area (Å²) < 4.78 is 7.53. The van der Waals surface area contributed by atoms with Crippen LogP contribution in [-0.4, -0.2) is 22.6 Å². The molecule has 3 aromatic carbocycles. The molecule has 0 radical (unpaired) electrons. The Hall–Kier alpha value is -3.51. The molecule has 4 aromatic rings. The highest BCUT2D eigenvalue weighted by Gasteiger charge is 2.16. The number of imidazole rings is 1. The maximum Gasteiger partial charge on any atom is 0.221 e. The van der Waals surface area contributed by atoms with E-state index in [2.05, 4.69) is 16.7 Å². The number of fused-ring (bicyclic) bond motifs is 1. The highest BCUT2D eigenvalue weighted by molar-refractivity contribution is 6.31. The Bertz CT molecular complexity index is 1300. The number of hydrogen-bond donors (Lipinski definition) is 2. The van der Waals surface area contributed by atoms with E-state index in [4.69, 9.17) is 21.3 Å². The molecule has 0 unspecified atom stereocenters. The fraction of sp³-hybridized carbons (Fsp3) is 0.167. The van der Waals surface area contributed by atoms with E-state index in [1.165, 1.54) is 6.92 Å². The van der Waals surface area contributed by atoms with E-state index in [1.54, 1.807) is 13.2 Å². The number of benzene rings is 3. The minimum Gasteiger partial charge on any atom is -0.495 e. The van der Waals surface area contributed by atoms with E-state index in [0.717, 1.165) is 39.1 Å². The molecule has 0 atom stereocenters. The Morgan fingerprint density at radius 1 is 1.13 bits per heavy atom. The van der Waals surface area contributed by atoms with Crippen molar-refractivity contribution in [3.8, 4) is 16.9 Å². The number of hydrogen-bond acceptors (Lipinski definition) is 4. The van der Waals surface area contributed by atoms with Gasteiger partial charge < -0.3 is 19.9 Å². The summed E-state index contributed by atoms with van der Waals surface area (Å²) in [6, 6.07) is 17.4. The summed E-state index contributed by atoms with van der Waals surface area (Å²) in [7, 11) is 3.59. The Kier molecular flexibility index (Phi) is 5.57. The van der Waals surface area contributed by atoms with E-state index in [9.17, 15) is 4.79 Å². The lowest BCUT2D eigenvalue weighted by atomic mass is 10.0. The van der Waals surface area contributed by atoms with Crippen LogP contribution in [0.25, 0.3) is 22.2 Å². The van der Waals surface area contributed by atoms with Gasteiger partial charge in [0.05, 0.1) is 23.8 Å². The molecular formula is C24H23ClN4O2. The number of halogens is 1. The van der Waals surface area contributed by atoms with Gasteiger partial charge in [-0.3, -0.25) is 4.79 Å². The van der Waals surface area contributed by atoms with Gasteiger partial charge in [0.2, 0.25) is 11.9 Å². The normalized spacial score (nSPS) is 10.9. The summed E-state index contributed by atoms with van der Waals surface area (Å²) in [5, 5.41) is 6.86. The molecule has 1 aromatic heterocycles. The molecule has 0 saturated carbocycles. The molecule has 0 spiro atoms. The minimum absolute atomic E-state index is 0.102. The quantitative estimate of drug-likeness (QED) is 0.409. The zero-order valence-electron chi connectivity index (χ0n) is 17.8. The smallest absolute Gasteiger partial charge is 0.221 e. The van der Waals surface area contributed by atoms with Crippen LogP contribution in [0, 0.1) is 6.92 Å². The van der Waals surface area contributed by atoms with Crippen LogP contribution < -0.4 is 15.4 Å². The number of para-hydroxylation sites is 1. The predicted molar refractivity (Wildman–Crippen MR) is 126 cm³/mol. The van der Waals surface area contributed by atoms with Gasteiger partial charge in [-0.25, -0.2) is 4.98 Å². The molecule has 0 aliphatic heterocycles. The molecule has 158 valence electrons. The van der Waals surface area contributed by atoms with Gasteiger partial charge in [0, 0.05) is 36.3 Å². The number of aromatic nitrogens is 2. The number of nitrogens with one attached hydrogen (secondary N) is 2. The lowest BCUT2D eigenvalue weighted by molar-refractivity contribution is -0.114. The summed E-state index contributed by atoms with van der Waals surface area (Å²) in [4.78, 5) is 16.3. The summed E-state index contributed by atoms with van der Waals surface area (Å²) >= 11 is 6.18. The number of carbonyl (C=O) groups is 1. The molecular weight excluding hydrogens is 412 g/mol. The van der Waals surface area contributed by atoms with Crippen molar-refractivity contribution in [2.24, 2.45) is 7.05 Å². The predicted octanol–water partition coefficient (Wildman–Crippen LogP) is 5.91. The van der Waals surface area contributed by atoms with Crippen molar-refractivity contribution in [3.05, 3.63) is 65.2 Å². The molecule has 0 bridgehead atoms. The summed E-state index contributed by atoms with van der Waals surface area (Å²) in [6.07, 6.45) is 0. The number of carbonyl (C=O) groups excluding carboxylic acids is 1. The van der Waals surface area contributed by atoms with E-state index in [0.29, 0.717) is 16.7 Å². The molecule has 0 aliphatic rings. The molecule has 6 nitrogen and oxygen atoms in total. The third-order valence-electron chi connectivity index (χ3n) is 5.11. The fourth-order valence-corrected chi connectivity index (χ4v) is 3.99. The second-order valence-electron chi connectivity index (χ2n) is 7.35. The van der Waals surface area contributed by atoms with Gasteiger partial charge in [0.25, 0.3) is 0 Å². The summed E-state index contributed by atoms with van der Waals surface area (Å²) in [6.45, 7) is 3.47. The highest BCUT2D eigenvalue weighted by atomic mass is 35.5. The lowest BCUT2D eigenvalue weighted by Crippen LogP contribution is -2.05. The van der Waals surface area contributed by atoms with E-state index in [-0.39, 0.29) is 5.91 Å². The van der Waals surface area contributed by atoms with Gasteiger partial charge in [-0.05, 0) is 42.3 Å². The largest absolute Gasteiger partial charge is 0.495 e. The molecule has 0 aliphatic carbocycles. The number of amides is 1. The average Bonchev–Trinajstić information content (AvgIpc) is 3.05. The van der Waals surface area contributed by atoms with Crippen molar-refractivity contribution in [3.63, 3.8) is 0 Å². The standard InChI is InChI=1S/C24H23ClN4O2/c1-14-11-17(25)13-21(31-4)22(14)28-24-27-20-10-6-9-19(23(20)29(24)3)16-7-5-8-18(12-16)26-15(2)30/h5-13H,1-4H3,(H,26,30)(H,27,28). The molecule has 1 heterocycles. The maximum absolute atomic E-state index is 11.5. The lowest BCUT2D eigenvalue weighted by Gasteiger charge is -2.14. The molecule has 1 amide bonds. The first-order valence-electron chi connectivity index (χ1n) is 9.82. The van der Waals surface area contributed by atoms with Crippen LogP contribution >= 0.6 is 11.6 Å². The van der Waals surface area contributed by atoms with Crippen LogP contribution in [0.1, 0.15) is 12.5 Å². The van der Waals surface area contributed by atoms with Crippen LogP contribution in [0.15, 0.2) is 54.6 Å². The first-order valence-corrected chi connectivity index (χ1v) is 10.2. The Morgan fingerprint density at radius 3 is 2.65 bits per heavy atom. The highest BCUT2D eigenvalue weighted by Crippen LogP contribution is 2.36. The molecule has 0 saturated heterocycles. The van der Waals surface area contributed by atoms with Gasteiger partial charge in [0.1, 0.15) is 5.75 Å². The minimum atomic E-state index is -0.102. The van der Waals surface area contributed by atoms with Crippen molar-refractivity contribution >= 4 is 45.9 Å². The summed E-state index contributed by atoms with van der Waals surface area (Å²) in [5.41, 5.74) is 6.39. The van der Waals surface area contributed by atoms with Crippen molar-refractivity contribution < 1.29 is 9.53 Å². The van der Waals surface area contributed by atoms with Crippen molar-refractivity contribution in [2.75, 3.05) is 17.7 Å². The summed E-state index contributed by atoms with van der Waals surface area (Å²) in [5.74, 6) is 1.24. The first kappa shape index (κ1) is 20.8. The van der Waals surface area contributed by atoms with Crippen molar-refractivity contribution in [1.82, 2.24) is 9.55 Å². The third kappa shape index (κ3) is 4.07. The second kappa shape index (κ2) is 8.32. The Labute approximate surface area is 185 Å². The maximum atomic E-state index is 11.5. The Balaban J connectivity index is 1.81. The van der Waals surface area contributed by atoms with Crippen molar-refractivity contribution in [1.29, 1.82) is 0 Å². The van der Waals surface area contributed by atoms with E-state index < -0.39 is 0 Å². The van der Waals surface area contributed by atoms with Gasteiger partial charge in [-0.15, -0.1) is 0 Å². The van der Waals surface area contributed by atoms with Gasteiger partial charge >= 0.3 is 0 Å². The molecule has 0 fully saturated rings. The average molecular weight is 435 g/mol. The number of anilines is 3. The molecule has 7 heteroatoms. The van der Waals surface area contributed by atoms with Crippen LogP contribution in [0.5, 0.6) is 5.75 Å². The zero-order valence-corrected chi connectivity index (χ0v) is 18.5.